The lowest BCUT2D eigenvalue weighted by atomic mass is 9.83. The van der Waals surface area contributed by atoms with Gasteiger partial charge in [0.15, 0.2) is 5.89 Å². The zero-order chi connectivity index (χ0) is 11.0. The second-order valence-corrected chi connectivity index (χ2v) is 5.32. The van der Waals surface area contributed by atoms with Crippen molar-refractivity contribution in [3.63, 3.8) is 0 Å². The predicted octanol–water partition coefficient (Wildman–Crippen LogP) is 3.56. The Morgan fingerprint density at radius 1 is 1.27 bits per heavy atom. The first-order valence-electron chi connectivity index (χ1n) is 6.06. The van der Waals surface area contributed by atoms with Crippen LogP contribution in [0.3, 0.4) is 0 Å². The van der Waals surface area contributed by atoms with Gasteiger partial charge >= 0.3 is 0 Å². The number of nitrogens with zero attached hydrogens (tertiary/aromatic N) is 1. The van der Waals surface area contributed by atoms with Crippen LogP contribution in [0.25, 0.3) is 0 Å². The highest BCUT2D eigenvalue weighted by Crippen LogP contribution is 2.31. The average Bonchev–Trinajstić information content (AvgIpc) is 2.59. The molecule has 0 aliphatic heterocycles. The van der Waals surface area contributed by atoms with Gasteiger partial charge in [-0.3, -0.25) is 0 Å². The molecule has 0 saturated carbocycles. The van der Waals surface area contributed by atoms with E-state index in [0.717, 1.165) is 36.3 Å². The van der Waals surface area contributed by atoms with Gasteiger partial charge in [-0.1, -0.05) is 27.7 Å². The Bertz CT molecular complexity index is 338. The normalized spacial score (nSPS) is 21.1. The molecule has 84 valence electrons. The maximum absolute atomic E-state index is 5.84. The molecule has 1 aliphatic carbocycles. The van der Waals surface area contributed by atoms with Crippen molar-refractivity contribution < 1.29 is 4.42 Å². The van der Waals surface area contributed by atoms with Crippen molar-refractivity contribution in [3.05, 3.63) is 17.3 Å². The lowest BCUT2D eigenvalue weighted by Gasteiger charge is -2.23. The first-order chi connectivity index (χ1) is 7.08. The van der Waals surface area contributed by atoms with Gasteiger partial charge in [0.25, 0.3) is 0 Å². The van der Waals surface area contributed by atoms with Gasteiger partial charge in [0, 0.05) is 12.3 Å². The van der Waals surface area contributed by atoms with Crippen molar-refractivity contribution in [3.8, 4) is 0 Å². The standard InChI is InChI=1S/C13H21NO/c1-8(2)10-5-6-11-12(7-10)15-13(14-11)9(3)4/h8-10H,5-7H2,1-4H3. The highest BCUT2D eigenvalue weighted by molar-refractivity contribution is 5.15. The molecule has 1 atom stereocenters. The quantitative estimate of drug-likeness (QED) is 0.741. The molecule has 0 saturated heterocycles. The lowest BCUT2D eigenvalue weighted by molar-refractivity contribution is 0.306. The van der Waals surface area contributed by atoms with E-state index in [1.165, 1.54) is 12.1 Å². The summed E-state index contributed by atoms with van der Waals surface area (Å²) in [6.45, 7) is 8.87. The molecule has 0 N–H and O–H groups in total. The van der Waals surface area contributed by atoms with Gasteiger partial charge in [-0.25, -0.2) is 4.98 Å². The number of aryl methyl sites for hydroxylation is 1. The van der Waals surface area contributed by atoms with Crippen LogP contribution in [0.5, 0.6) is 0 Å². The predicted molar refractivity (Wildman–Crippen MR) is 60.9 cm³/mol. The van der Waals surface area contributed by atoms with Crippen LogP contribution in [0.1, 0.15) is 57.4 Å². The Morgan fingerprint density at radius 3 is 2.60 bits per heavy atom. The van der Waals surface area contributed by atoms with Gasteiger partial charge in [-0.2, -0.15) is 0 Å². The number of oxazole rings is 1. The van der Waals surface area contributed by atoms with Crippen LogP contribution < -0.4 is 0 Å². The molecule has 0 bridgehead atoms. The summed E-state index contributed by atoms with van der Waals surface area (Å²) >= 11 is 0. The molecule has 2 heteroatoms. The van der Waals surface area contributed by atoms with E-state index < -0.39 is 0 Å². The van der Waals surface area contributed by atoms with Gasteiger partial charge in [-0.05, 0) is 24.7 Å². The summed E-state index contributed by atoms with van der Waals surface area (Å²) in [6.07, 6.45) is 3.47. The molecule has 15 heavy (non-hydrogen) atoms. The summed E-state index contributed by atoms with van der Waals surface area (Å²) in [5.41, 5.74) is 1.22. The summed E-state index contributed by atoms with van der Waals surface area (Å²) in [5, 5.41) is 0. The molecule has 1 heterocycles. The monoisotopic (exact) mass is 207 g/mol. The molecule has 2 nitrogen and oxygen atoms in total. The third kappa shape index (κ3) is 2.09. The average molecular weight is 207 g/mol. The fourth-order valence-electron chi connectivity index (χ4n) is 2.24. The van der Waals surface area contributed by atoms with Crippen LogP contribution >= 0.6 is 0 Å². The Hall–Kier alpha value is -0.790. The van der Waals surface area contributed by atoms with Crippen LogP contribution in [0.15, 0.2) is 4.42 Å². The van der Waals surface area contributed by atoms with E-state index >= 15 is 0 Å². The first-order valence-corrected chi connectivity index (χ1v) is 6.06. The number of hydrogen-bond acceptors (Lipinski definition) is 2. The molecule has 1 aromatic rings. The Morgan fingerprint density at radius 2 is 2.00 bits per heavy atom. The van der Waals surface area contributed by atoms with E-state index in [9.17, 15) is 0 Å². The van der Waals surface area contributed by atoms with Crippen molar-refractivity contribution in [2.45, 2.75) is 52.9 Å². The second-order valence-electron chi connectivity index (χ2n) is 5.32. The van der Waals surface area contributed by atoms with Crippen molar-refractivity contribution >= 4 is 0 Å². The Balaban J connectivity index is 2.19. The van der Waals surface area contributed by atoms with Crippen molar-refractivity contribution in [2.75, 3.05) is 0 Å². The molecule has 2 rings (SSSR count). The largest absolute Gasteiger partial charge is 0.445 e. The molecule has 1 aromatic heterocycles. The molecule has 0 aromatic carbocycles. The van der Waals surface area contributed by atoms with E-state index in [1.807, 2.05) is 0 Å². The van der Waals surface area contributed by atoms with Gasteiger partial charge in [0.2, 0.25) is 0 Å². The van der Waals surface area contributed by atoms with E-state index in [4.69, 9.17) is 4.42 Å². The van der Waals surface area contributed by atoms with Crippen molar-refractivity contribution in [1.29, 1.82) is 0 Å². The second kappa shape index (κ2) is 3.99. The maximum Gasteiger partial charge on any atom is 0.197 e. The third-order valence-corrected chi connectivity index (χ3v) is 3.43. The minimum absolute atomic E-state index is 0.410. The molecule has 1 aliphatic rings. The maximum atomic E-state index is 5.84. The lowest BCUT2D eigenvalue weighted by Crippen LogP contribution is -2.18. The van der Waals surface area contributed by atoms with Gasteiger partial charge in [0.05, 0.1) is 5.69 Å². The number of hydrogen-bond donors (Lipinski definition) is 0. The highest BCUT2D eigenvalue weighted by Gasteiger charge is 2.26. The van der Waals surface area contributed by atoms with E-state index in [0.29, 0.717) is 5.92 Å². The fraction of sp³-hybridized carbons (Fsp3) is 0.769. The minimum Gasteiger partial charge on any atom is -0.445 e. The van der Waals surface area contributed by atoms with Crippen molar-refractivity contribution in [1.82, 2.24) is 4.98 Å². The van der Waals surface area contributed by atoms with Crippen LogP contribution in [0, 0.1) is 11.8 Å². The molecular formula is C13H21NO. The van der Waals surface area contributed by atoms with E-state index in [-0.39, 0.29) is 0 Å². The molecule has 1 unspecified atom stereocenters. The molecule has 0 spiro atoms. The van der Waals surface area contributed by atoms with E-state index in [1.54, 1.807) is 0 Å². The summed E-state index contributed by atoms with van der Waals surface area (Å²) in [5.74, 6) is 4.03. The van der Waals surface area contributed by atoms with Gasteiger partial charge in [-0.15, -0.1) is 0 Å². The summed E-state index contributed by atoms with van der Waals surface area (Å²) in [7, 11) is 0. The van der Waals surface area contributed by atoms with E-state index in [2.05, 4.69) is 32.7 Å². The Kier molecular flexibility index (Phi) is 2.85. The van der Waals surface area contributed by atoms with Crippen LogP contribution in [-0.2, 0) is 12.8 Å². The number of rotatable bonds is 2. The minimum atomic E-state index is 0.410. The first kappa shape index (κ1) is 10.7. The highest BCUT2D eigenvalue weighted by atomic mass is 16.4. The van der Waals surface area contributed by atoms with Crippen molar-refractivity contribution in [2.24, 2.45) is 11.8 Å². The SMILES string of the molecule is CC(C)c1nc2c(o1)CC(C(C)C)CC2. The fourth-order valence-corrected chi connectivity index (χ4v) is 2.24. The number of aromatic nitrogens is 1. The zero-order valence-electron chi connectivity index (χ0n) is 10.2. The molecule has 0 fully saturated rings. The van der Waals surface area contributed by atoms with Crippen LogP contribution in [0.4, 0.5) is 0 Å². The topological polar surface area (TPSA) is 26.0 Å². The van der Waals surface area contributed by atoms with Gasteiger partial charge in [0.1, 0.15) is 5.76 Å². The molecular weight excluding hydrogens is 186 g/mol. The third-order valence-electron chi connectivity index (χ3n) is 3.43. The Labute approximate surface area is 92.1 Å². The zero-order valence-corrected chi connectivity index (χ0v) is 10.2. The summed E-state index contributed by atoms with van der Waals surface area (Å²) < 4.78 is 5.84. The molecule has 0 radical (unpaired) electrons. The number of fused-ring (bicyclic) bond motifs is 1. The van der Waals surface area contributed by atoms with Gasteiger partial charge < -0.3 is 4.42 Å². The summed E-state index contributed by atoms with van der Waals surface area (Å²) in [6, 6.07) is 0. The molecule has 0 amide bonds. The van der Waals surface area contributed by atoms with Crippen LogP contribution in [-0.4, -0.2) is 4.98 Å². The van der Waals surface area contributed by atoms with Crippen LogP contribution in [0.2, 0.25) is 0 Å². The summed E-state index contributed by atoms with van der Waals surface area (Å²) in [4.78, 5) is 4.58. The smallest absolute Gasteiger partial charge is 0.197 e.